The molecule has 3 heteroatoms. The van der Waals surface area contributed by atoms with E-state index < -0.39 is 6.23 Å². The van der Waals surface area contributed by atoms with Gasteiger partial charge in [0.2, 0.25) is 0 Å². The summed E-state index contributed by atoms with van der Waals surface area (Å²) >= 11 is 0. The third-order valence-electron chi connectivity index (χ3n) is 3.43. The molecule has 3 rings (SSSR count). The number of aliphatic imine (C=N–C) groups is 1. The first kappa shape index (κ1) is 13.8. The van der Waals surface area contributed by atoms with E-state index in [2.05, 4.69) is 20.8 Å². The zero-order chi connectivity index (χ0) is 15.0. The van der Waals surface area contributed by atoms with Crippen LogP contribution in [-0.2, 0) is 0 Å². The van der Waals surface area contributed by atoms with E-state index in [1.165, 1.54) is 0 Å². The summed E-state index contributed by atoms with van der Waals surface area (Å²) in [7, 11) is 0. The summed E-state index contributed by atoms with van der Waals surface area (Å²) in [6.07, 6.45) is -0.690. The molecule has 1 N–H and O–H groups in total. The van der Waals surface area contributed by atoms with Crippen LogP contribution in [0.3, 0.4) is 0 Å². The number of hydrogen-bond donors (Lipinski definition) is 1. The Bertz CT molecular complexity index is 671. The molecule has 1 aliphatic heterocycles. The van der Waals surface area contributed by atoms with Crippen molar-refractivity contribution in [3.05, 3.63) is 65.7 Å². The molecule has 0 aliphatic carbocycles. The molecule has 3 nitrogen and oxygen atoms in total. The zero-order valence-electron chi connectivity index (χ0n) is 12.6. The second-order valence-electron chi connectivity index (χ2n) is 6.27. The molecule has 2 aromatic carbocycles. The van der Waals surface area contributed by atoms with Crippen molar-refractivity contribution in [1.82, 2.24) is 0 Å². The lowest BCUT2D eigenvalue weighted by atomic mass is 10.1. The van der Waals surface area contributed by atoms with Gasteiger partial charge in [0.05, 0.1) is 5.54 Å². The van der Waals surface area contributed by atoms with Gasteiger partial charge in [0, 0.05) is 16.8 Å². The number of hydrogen-bond acceptors (Lipinski definition) is 2. The maximum absolute atomic E-state index is 10.7. The minimum Gasteiger partial charge on any atom is -0.369 e. The summed E-state index contributed by atoms with van der Waals surface area (Å²) in [4.78, 5) is 6.74. The SMILES string of the molecule is CC(C)(C)N=C1c2ccccc2C(O)N1c1ccccc1. The Morgan fingerprint density at radius 2 is 1.57 bits per heavy atom. The fraction of sp³-hybridized carbons (Fsp3) is 0.278. The van der Waals surface area contributed by atoms with Crippen LogP contribution < -0.4 is 4.90 Å². The molecular formula is C18H20N2O. The number of aliphatic hydroxyl groups is 1. The number of aliphatic hydroxyl groups excluding tert-OH is 1. The van der Waals surface area contributed by atoms with Gasteiger partial charge in [0.25, 0.3) is 0 Å². The van der Waals surface area contributed by atoms with Crippen LogP contribution >= 0.6 is 0 Å². The van der Waals surface area contributed by atoms with Crippen LogP contribution in [0.25, 0.3) is 0 Å². The zero-order valence-corrected chi connectivity index (χ0v) is 12.6. The monoisotopic (exact) mass is 280 g/mol. The molecule has 0 radical (unpaired) electrons. The molecule has 1 unspecified atom stereocenters. The molecule has 2 aromatic rings. The van der Waals surface area contributed by atoms with Gasteiger partial charge in [-0.25, -0.2) is 0 Å². The van der Waals surface area contributed by atoms with Gasteiger partial charge in [-0.15, -0.1) is 0 Å². The first-order chi connectivity index (χ1) is 9.97. The molecule has 0 aromatic heterocycles. The molecule has 0 saturated carbocycles. The van der Waals surface area contributed by atoms with Crippen molar-refractivity contribution < 1.29 is 5.11 Å². The quantitative estimate of drug-likeness (QED) is 0.863. The molecular weight excluding hydrogens is 260 g/mol. The second kappa shape index (κ2) is 5.01. The first-order valence-electron chi connectivity index (χ1n) is 7.19. The topological polar surface area (TPSA) is 35.8 Å². The van der Waals surface area contributed by atoms with E-state index in [0.29, 0.717) is 0 Å². The Hall–Kier alpha value is -2.13. The lowest BCUT2D eigenvalue weighted by molar-refractivity contribution is 0.193. The van der Waals surface area contributed by atoms with E-state index in [1.54, 1.807) is 0 Å². The number of rotatable bonds is 1. The summed E-state index contributed by atoms with van der Waals surface area (Å²) in [5.74, 6) is 0.830. The van der Waals surface area contributed by atoms with E-state index in [-0.39, 0.29) is 5.54 Å². The minimum absolute atomic E-state index is 0.209. The van der Waals surface area contributed by atoms with E-state index in [9.17, 15) is 5.11 Å². The van der Waals surface area contributed by atoms with Crippen molar-refractivity contribution in [3.63, 3.8) is 0 Å². The van der Waals surface area contributed by atoms with Crippen LogP contribution in [0.2, 0.25) is 0 Å². The van der Waals surface area contributed by atoms with E-state index in [0.717, 1.165) is 22.6 Å². The summed E-state index contributed by atoms with van der Waals surface area (Å²) in [6.45, 7) is 6.20. The fourth-order valence-corrected chi connectivity index (χ4v) is 2.59. The number of amidine groups is 1. The Morgan fingerprint density at radius 1 is 0.952 bits per heavy atom. The number of para-hydroxylation sites is 1. The van der Waals surface area contributed by atoms with E-state index in [4.69, 9.17) is 4.99 Å². The summed E-state index contributed by atoms with van der Waals surface area (Å²) in [5.41, 5.74) is 2.65. The van der Waals surface area contributed by atoms with Gasteiger partial charge >= 0.3 is 0 Å². The second-order valence-corrected chi connectivity index (χ2v) is 6.27. The molecule has 108 valence electrons. The van der Waals surface area contributed by atoms with Crippen LogP contribution in [0.5, 0.6) is 0 Å². The van der Waals surface area contributed by atoms with Crippen molar-refractivity contribution in [2.45, 2.75) is 32.5 Å². The van der Waals surface area contributed by atoms with Crippen molar-refractivity contribution >= 4 is 11.5 Å². The van der Waals surface area contributed by atoms with Gasteiger partial charge in [-0.2, -0.15) is 0 Å². The van der Waals surface area contributed by atoms with Crippen LogP contribution in [0.4, 0.5) is 5.69 Å². The molecule has 1 aliphatic rings. The molecule has 1 heterocycles. The average molecular weight is 280 g/mol. The van der Waals surface area contributed by atoms with Crippen LogP contribution in [0.15, 0.2) is 59.6 Å². The van der Waals surface area contributed by atoms with Crippen LogP contribution in [-0.4, -0.2) is 16.5 Å². The number of fused-ring (bicyclic) bond motifs is 1. The predicted molar refractivity (Wildman–Crippen MR) is 86.6 cm³/mol. The molecule has 0 fully saturated rings. The first-order valence-corrected chi connectivity index (χ1v) is 7.19. The average Bonchev–Trinajstić information content (AvgIpc) is 2.72. The molecule has 21 heavy (non-hydrogen) atoms. The summed E-state index contributed by atoms with van der Waals surface area (Å²) < 4.78 is 0. The van der Waals surface area contributed by atoms with E-state index >= 15 is 0 Å². The third-order valence-corrected chi connectivity index (χ3v) is 3.43. The Kier molecular flexibility index (Phi) is 3.30. The maximum Gasteiger partial charge on any atom is 0.159 e. The normalized spacial score (nSPS) is 19.9. The maximum atomic E-state index is 10.7. The lowest BCUT2D eigenvalue weighted by Gasteiger charge is -2.26. The van der Waals surface area contributed by atoms with Gasteiger partial charge < -0.3 is 5.11 Å². The highest BCUT2D eigenvalue weighted by molar-refractivity contribution is 6.14. The minimum atomic E-state index is -0.690. The van der Waals surface area contributed by atoms with Gasteiger partial charge in [0.1, 0.15) is 5.84 Å². The Balaban J connectivity index is 2.18. The van der Waals surface area contributed by atoms with Crippen molar-refractivity contribution in [2.24, 2.45) is 4.99 Å². The Morgan fingerprint density at radius 3 is 2.24 bits per heavy atom. The molecule has 1 atom stereocenters. The van der Waals surface area contributed by atoms with Gasteiger partial charge in [-0.1, -0.05) is 42.5 Å². The highest BCUT2D eigenvalue weighted by atomic mass is 16.3. The highest BCUT2D eigenvalue weighted by Gasteiger charge is 2.35. The third kappa shape index (κ3) is 2.57. The number of anilines is 1. The van der Waals surface area contributed by atoms with Gasteiger partial charge in [0.15, 0.2) is 6.23 Å². The summed E-state index contributed by atoms with van der Waals surface area (Å²) in [6, 6.07) is 17.8. The number of benzene rings is 2. The number of nitrogens with zero attached hydrogens (tertiary/aromatic N) is 2. The van der Waals surface area contributed by atoms with Crippen LogP contribution in [0, 0.1) is 0 Å². The predicted octanol–water partition coefficient (Wildman–Crippen LogP) is 3.74. The van der Waals surface area contributed by atoms with Crippen LogP contribution in [0.1, 0.15) is 38.1 Å². The Labute approximate surface area is 125 Å². The molecule has 0 bridgehead atoms. The van der Waals surface area contributed by atoms with Gasteiger partial charge in [-0.3, -0.25) is 9.89 Å². The van der Waals surface area contributed by atoms with Crippen molar-refractivity contribution in [1.29, 1.82) is 0 Å². The summed E-state index contributed by atoms with van der Waals surface area (Å²) in [5, 5.41) is 10.7. The standard InChI is InChI=1S/C18H20N2O/c1-18(2,3)19-16-14-11-7-8-12-15(14)17(21)20(16)13-9-5-4-6-10-13/h4-12,17,21H,1-3H3. The molecule has 0 amide bonds. The lowest BCUT2D eigenvalue weighted by Crippen LogP contribution is -2.30. The van der Waals surface area contributed by atoms with Crippen molar-refractivity contribution in [2.75, 3.05) is 4.90 Å². The smallest absolute Gasteiger partial charge is 0.159 e. The fourth-order valence-electron chi connectivity index (χ4n) is 2.59. The van der Waals surface area contributed by atoms with Crippen molar-refractivity contribution in [3.8, 4) is 0 Å². The molecule has 0 saturated heterocycles. The molecule has 0 spiro atoms. The largest absolute Gasteiger partial charge is 0.369 e. The van der Waals surface area contributed by atoms with Gasteiger partial charge in [-0.05, 0) is 32.9 Å². The van der Waals surface area contributed by atoms with E-state index in [1.807, 2.05) is 59.5 Å². The highest BCUT2D eigenvalue weighted by Crippen LogP contribution is 2.36.